The van der Waals surface area contributed by atoms with E-state index in [9.17, 15) is 20.0 Å². The average molecular weight is 243 g/mol. The van der Waals surface area contributed by atoms with Gasteiger partial charge in [-0.25, -0.2) is 9.78 Å². The molecule has 1 heterocycles. The molecule has 1 atom stereocenters. The monoisotopic (exact) mass is 243 g/mol. The molecule has 0 aliphatic rings. The van der Waals surface area contributed by atoms with Crippen LogP contribution in [-0.2, 0) is 22.2 Å². The van der Waals surface area contributed by atoms with Crippen LogP contribution in [-0.4, -0.2) is 38.7 Å². The fourth-order valence-corrected chi connectivity index (χ4v) is 1.43. The predicted molar refractivity (Wildman–Crippen MR) is 55.6 cm³/mol. The normalized spacial score (nSPS) is 14.1. The summed E-state index contributed by atoms with van der Waals surface area (Å²) in [4.78, 5) is 25.1. The Kier molecular flexibility index (Phi) is 3.79. The summed E-state index contributed by atoms with van der Waals surface area (Å²) in [6.07, 6.45) is 2.80. The van der Waals surface area contributed by atoms with Crippen molar-refractivity contribution < 1.29 is 19.6 Å². The van der Waals surface area contributed by atoms with Crippen LogP contribution in [0.25, 0.3) is 0 Å². The number of hydrogen-bond donors (Lipinski definition) is 1. The Labute approximate surface area is 97.0 Å². The number of carbonyl (C=O) groups excluding carboxylic acids is 1. The number of carbonyl (C=O) groups is 1. The van der Waals surface area contributed by atoms with Gasteiger partial charge in [-0.15, -0.1) is 0 Å². The van der Waals surface area contributed by atoms with Gasteiger partial charge in [0, 0.05) is 24.4 Å². The SMILES string of the molecule is CCOC(=O)C(O)(C[N+](=O)[O-])c1nccn1C. The van der Waals surface area contributed by atoms with Crippen LogP contribution >= 0.6 is 0 Å². The molecular weight excluding hydrogens is 230 g/mol. The number of nitrogens with zero attached hydrogens (tertiary/aromatic N) is 3. The molecule has 0 aliphatic carbocycles. The summed E-state index contributed by atoms with van der Waals surface area (Å²) >= 11 is 0. The molecule has 8 heteroatoms. The van der Waals surface area contributed by atoms with Crippen LogP contribution in [0.15, 0.2) is 12.4 Å². The second-order valence-corrected chi connectivity index (χ2v) is 3.43. The van der Waals surface area contributed by atoms with Gasteiger partial charge in [-0.1, -0.05) is 0 Å². The van der Waals surface area contributed by atoms with Crippen LogP contribution in [0.2, 0.25) is 0 Å². The molecule has 0 bridgehead atoms. The number of nitro groups is 1. The first-order valence-electron chi connectivity index (χ1n) is 4.91. The van der Waals surface area contributed by atoms with Gasteiger partial charge in [0.1, 0.15) is 0 Å². The Morgan fingerprint density at radius 2 is 2.41 bits per heavy atom. The van der Waals surface area contributed by atoms with E-state index in [1.165, 1.54) is 24.0 Å². The Morgan fingerprint density at radius 3 is 2.82 bits per heavy atom. The Morgan fingerprint density at radius 1 is 1.76 bits per heavy atom. The molecule has 1 unspecified atom stereocenters. The molecule has 0 fully saturated rings. The van der Waals surface area contributed by atoms with Gasteiger partial charge in [-0.05, 0) is 6.92 Å². The van der Waals surface area contributed by atoms with Gasteiger partial charge in [0.05, 0.1) is 6.61 Å². The molecule has 1 N–H and O–H groups in total. The van der Waals surface area contributed by atoms with E-state index in [1.54, 1.807) is 6.92 Å². The van der Waals surface area contributed by atoms with Crippen molar-refractivity contribution in [2.45, 2.75) is 12.5 Å². The molecule has 0 aliphatic heterocycles. The van der Waals surface area contributed by atoms with Gasteiger partial charge in [-0.2, -0.15) is 0 Å². The molecule has 0 aromatic carbocycles. The highest BCUT2D eigenvalue weighted by molar-refractivity contribution is 5.80. The van der Waals surface area contributed by atoms with Crippen LogP contribution in [0.3, 0.4) is 0 Å². The van der Waals surface area contributed by atoms with E-state index >= 15 is 0 Å². The van der Waals surface area contributed by atoms with Crippen molar-refractivity contribution in [3.05, 3.63) is 28.3 Å². The summed E-state index contributed by atoms with van der Waals surface area (Å²) in [5.41, 5.74) is -2.36. The Hall–Kier alpha value is -1.96. The molecule has 0 spiro atoms. The summed E-state index contributed by atoms with van der Waals surface area (Å²) in [5.74, 6) is -1.20. The average Bonchev–Trinajstić information content (AvgIpc) is 2.64. The minimum Gasteiger partial charge on any atom is -0.463 e. The first kappa shape index (κ1) is 13.1. The summed E-state index contributed by atoms with van der Waals surface area (Å²) in [5, 5.41) is 20.7. The predicted octanol–water partition coefficient (Wildman–Crippen LogP) is -0.553. The number of aryl methyl sites for hydroxylation is 1. The number of ether oxygens (including phenoxy) is 1. The third kappa shape index (κ3) is 2.59. The Bertz CT molecular complexity index is 430. The molecule has 8 nitrogen and oxygen atoms in total. The van der Waals surface area contributed by atoms with Crippen molar-refractivity contribution in [3.8, 4) is 0 Å². The fourth-order valence-electron chi connectivity index (χ4n) is 1.43. The first-order chi connectivity index (χ1) is 7.91. The third-order valence-corrected chi connectivity index (χ3v) is 2.16. The van der Waals surface area contributed by atoms with Crippen molar-refractivity contribution in [2.24, 2.45) is 7.05 Å². The largest absolute Gasteiger partial charge is 0.463 e. The standard InChI is InChI=1S/C9H13N3O5/c1-3-17-8(13)9(14,6-12(15)16)7-10-4-5-11(7)2/h4-5,14H,3,6H2,1-2H3. The maximum atomic E-state index is 11.6. The van der Waals surface area contributed by atoms with Crippen LogP contribution in [0.4, 0.5) is 0 Å². The molecule has 1 aromatic heterocycles. The maximum Gasteiger partial charge on any atom is 0.353 e. The lowest BCUT2D eigenvalue weighted by Crippen LogP contribution is -2.45. The minimum absolute atomic E-state index is 0.0171. The summed E-state index contributed by atoms with van der Waals surface area (Å²) in [6, 6.07) is 0. The van der Waals surface area contributed by atoms with Crippen LogP contribution < -0.4 is 0 Å². The van der Waals surface area contributed by atoms with Gasteiger partial charge in [0.2, 0.25) is 0 Å². The summed E-state index contributed by atoms with van der Waals surface area (Å²) < 4.78 is 5.97. The molecule has 0 saturated heterocycles. The second kappa shape index (κ2) is 4.91. The van der Waals surface area contributed by atoms with Crippen LogP contribution in [0.1, 0.15) is 12.7 Å². The smallest absolute Gasteiger partial charge is 0.353 e. The molecule has 0 amide bonds. The highest BCUT2D eigenvalue weighted by atomic mass is 16.6. The van der Waals surface area contributed by atoms with Crippen LogP contribution in [0, 0.1) is 10.1 Å². The van der Waals surface area contributed by atoms with Crippen molar-refractivity contribution in [2.75, 3.05) is 13.2 Å². The summed E-state index contributed by atoms with van der Waals surface area (Å²) in [7, 11) is 1.52. The number of aliphatic hydroxyl groups is 1. The number of hydrogen-bond acceptors (Lipinski definition) is 6. The van der Waals surface area contributed by atoms with E-state index < -0.39 is 23.0 Å². The molecule has 0 saturated carbocycles. The number of aromatic nitrogens is 2. The fraction of sp³-hybridized carbons (Fsp3) is 0.556. The lowest BCUT2D eigenvalue weighted by molar-refractivity contribution is -0.499. The van der Waals surface area contributed by atoms with Gasteiger partial charge < -0.3 is 14.4 Å². The zero-order valence-corrected chi connectivity index (χ0v) is 9.49. The van der Waals surface area contributed by atoms with Gasteiger partial charge in [0.25, 0.3) is 12.1 Å². The molecule has 94 valence electrons. The third-order valence-electron chi connectivity index (χ3n) is 2.16. The van der Waals surface area contributed by atoms with Crippen molar-refractivity contribution in [1.29, 1.82) is 0 Å². The van der Waals surface area contributed by atoms with E-state index in [2.05, 4.69) is 9.72 Å². The van der Waals surface area contributed by atoms with Crippen LogP contribution in [0.5, 0.6) is 0 Å². The zero-order chi connectivity index (χ0) is 13.1. The number of rotatable bonds is 5. The van der Waals surface area contributed by atoms with E-state index in [0.29, 0.717) is 0 Å². The molecule has 0 radical (unpaired) electrons. The van der Waals surface area contributed by atoms with Gasteiger partial charge in [0.15, 0.2) is 5.82 Å². The van der Waals surface area contributed by atoms with E-state index in [1.807, 2.05) is 0 Å². The quantitative estimate of drug-likeness (QED) is 0.422. The summed E-state index contributed by atoms with van der Waals surface area (Å²) in [6.45, 7) is 0.572. The van der Waals surface area contributed by atoms with Crippen molar-refractivity contribution >= 4 is 5.97 Å². The topological polar surface area (TPSA) is 107 Å². The first-order valence-corrected chi connectivity index (χ1v) is 4.91. The van der Waals surface area contributed by atoms with E-state index in [4.69, 9.17) is 0 Å². The highest BCUT2D eigenvalue weighted by Gasteiger charge is 2.48. The number of imidazole rings is 1. The zero-order valence-electron chi connectivity index (χ0n) is 9.49. The van der Waals surface area contributed by atoms with Gasteiger partial charge >= 0.3 is 5.97 Å². The Balaban J connectivity index is 3.14. The lowest BCUT2D eigenvalue weighted by Gasteiger charge is -2.21. The maximum absolute atomic E-state index is 11.6. The van der Waals surface area contributed by atoms with Crippen molar-refractivity contribution in [1.82, 2.24) is 9.55 Å². The van der Waals surface area contributed by atoms with Crippen molar-refractivity contribution in [3.63, 3.8) is 0 Å². The van der Waals surface area contributed by atoms with Gasteiger partial charge in [-0.3, -0.25) is 10.1 Å². The second-order valence-electron chi connectivity index (χ2n) is 3.43. The minimum atomic E-state index is -2.36. The molecule has 1 rings (SSSR count). The molecule has 1 aromatic rings. The lowest BCUT2D eigenvalue weighted by atomic mass is 10.0. The molecular formula is C9H13N3O5. The number of esters is 1. The van der Waals surface area contributed by atoms with E-state index in [0.717, 1.165) is 0 Å². The molecule has 17 heavy (non-hydrogen) atoms. The highest BCUT2D eigenvalue weighted by Crippen LogP contribution is 2.21. The van der Waals surface area contributed by atoms with E-state index in [-0.39, 0.29) is 12.4 Å².